The Bertz CT molecular complexity index is 1200. The quantitative estimate of drug-likeness (QED) is 0.330. The molecule has 0 N–H and O–H groups in total. The highest BCUT2D eigenvalue weighted by Gasteiger charge is 2.88. The van der Waals surface area contributed by atoms with Gasteiger partial charge < -0.3 is 23.4 Å². The number of ketones is 1. The summed E-state index contributed by atoms with van der Waals surface area (Å²) >= 11 is 0. The lowest BCUT2D eigenvalue weighted by molar-refractivity contribution is -0.234. The number of carbonyl (C=O) groups excluding carboxylic acids is 4. The zero-order valence-corrected chi connectivity index (χ0v) is 22.1. The smallest absolute Gasteiger partial charge is 0.339 e. The molecule has 5 aliphatic rings. The third kappa shape index (κ3) is 2.79. The fourth-order valence-electron chi connectivity index (χ4n) is 9.24. The first-order valence-electron chi connectivity index (χ1n) is 13.1. The number of hydrogen-bond donors (Lipinski definition) is 0. The fourth-order valence-corrected chi connectivity index (χ4v) is 9.24. The van der Waals surface area contributed by atoms with Crippen molar-refractivity contribution in [2.75, 3.05) is 0 Å². The van der Waals surface area contributed by atoms with E-state index in [9.17, 15) is 19.2 Å². The second-order valence-corrected chi connectivity index (χ2v) is 12.7. The summed E-state index contributed by atoms with van der Waals surface area (Å²) in [6.45, 7) is 11.0. The zero-order valence-electron chi connectivity index (χ0n) is 22.1. The normalized spacial score (nSPS) is 47.7. The minimum Gasteiger partial charge on any atom is -0.472 e. The van der Waals surface area contributed by atoms with Gasteiger partial charge in [0.1, 0.15) is 29.2 Å². The number of ether oxygens (including phenoxy) is 4. The maximum Gasteiger partial charge on any atom is 0.339 e. The van der Waals surface area contributed by atoms with Gasteiger partial charge in [0, 0.05) is 35.7 Å². The molecule has 9 heteroatoms. The topological polar surface area (TPSA) is 122 Å². The summed E-state index contributed by atoms with van der Waals surface area (Å²) in [7, 11) is 0. The summed E-state index contributed by atoms with van der Waals surface area (Å²) < 4.78 is 29.3. The molecule has 0 aromatic carbocycles. The van der Waals surface area contributed by atoms with Crippen LogP contribution < -0.4 is 0 Å². The summed E-state index contributed by atoms with van der Waals surface area (Å²) in [5, 5.41) is 0. The van der Waals surface area contributed by atoms with Crippen LogP contribution in [0.2, 0.25) is 0 Å². The molecule has 0 radical (unpaired) electrons. The number of rotatable bonds is 2. The molecule has 9 nitrogen and oxygen atoms in total. The van der Waals surface area contributed by atoms with E-state index >= 15 is 0 Å². The van der Waals surface area contributed by atoms with E-state index < -0.39 is 63.7 Å². The third-order valence-corrected chi connectivity index (χ3v) is 10.8. The lowest BCUT2D eigenvalue weighted by Crippen LogP contribution is -2.72. The van der Waals surface area contributed by atoms with Gasteiger partial charge in [-0.3, -0.25) is 14.4 Å². The number of fused-ring (bicyclic) bond motifs is 3. The van der Waals surface area contributed by atoms with Crippen molar-refractivity contribution in [2.45, 2.75) is 96.7 Å². The number of esters is 3. The van der Waals surface area contributed by atoms with Crippen molar-refractivity contribution in [1.82, 2.24) is 0 Å². The van der Waals surface area contributed by atoms with Gasteiger partial charge >= 0.3 is 17.9 Å². The molecule has 2 saturated carbocycles. The van der Waals surface area contributed by atoms with E-state index in [1.165, 1.54) is 13.2 Å². The van der Waals surface area contributed by atoms with Gasteiger partial charge in [-0.2, -0.15) is 0 Å². The Morgan fingerprint density at radius 3 is 2.41 bits per heavy atom. The molecular weight excluding hydrogens is 480 g/mol. The maximum atomic E-state index is 14.4. The Morgan fingerprint density at radius 2 is 1.76 bits per heavy atom. The molecular formula is C28H34O9. The average Bonchev–Trinajstić information content (AvgIpc) is 3.38. The van der Waals surface area contributed by atoms with E-state index in [1.807, 2.05) is 34.6 Å². The largest absolute Gasteiger partial charge is 0.472 e. The number of epoxide rings is 1. The summed E-state index contributed by atoms with van der Waals surface area (Å²) in [5.74, 6) is -2.18. The Morgan fingerprint density at radius 1 is 1.03 bits per heavy atom. The highest BCUT2D eigenvalue weighted by Crippen LogP contribution is 2.78. The van der Waals surface area contributed by atoms with E-state index in [2.05, 4.69) is 0 Å². The minimum absolute atomic E-state index is 0.0263. The van der Waals surface area contributed by atoms with Gasteiger partial charge in [-0.25, -0.2) is 4.79 Å². The molecule has 1 aromatic heterocycles. The summed E-state index contributed by atoms with van der Waals surface area (Å²) in [6, 6.07) is 1.78. The molecule has 2 aliphatic carbocycles. The molecule has 0 amide bonds. The van der Waals surface area contributed by atoms with Gasteiger partial charge in [0.15, 0.2) is 6.10 Å². The minimum atomic E-state index is -1.09. The SMILES string of the molecule is CC(=O)O[C@@H]1CC(=O)OC(C)(C)[C@H]2CC(=O)[C@]3(C)[C@@H](CC[C@@]4(C)[C@H](c5ccoc5)OC(=O)[C@H]5O[C@]543)[C@]21C. The van der Waals surface area contributed by atoms with Gasteiger partial charge in [0.25, 0.3) is 0 Å². The van der Waals surface area contributed by atoms with Crippen molar-refractivity contribution in [2.24, 2.45) is 28.1 Å². The first kappa shape index (κ1) is 24.6. The molecule has 3 saturated heterocycles. The van der Waals surface area contributed by atoms with Crippen molar-refractivity contribution in [3.05, 3.63) is 24.2 Å². The van der Waals surface area contributed by atoms with Gasteiger partial charge in [-0.05, 0) is 45.6 Å². The lowest BCUT2D eigenvalue weighted by atomic mass is 9.37. The Hall–Kier alpha value is -2.68. The maximum absolute atomic E-state index is 14.4. The molecule has 37 heavy (non-hydrogen) atoms. The van der Waals surface area contributed by atoms with Crippen LogP contribution in [0, 0.1) is 28.1 Å². The molecule has 1 aromatic rings. The Labute approximate surface area is 215 Å². The number of cyclic esters (lactones) is 2. The van der Waals surface area contributed by atoms with Crippen LogP contribution >= 0.6 is 0 Å². The van der Waals surface area contributed by atoms with Gasteiger partial charge in [-0.1, -0.05) is 13.8 Å². The lowest BCUT2D eigenvalue weighted by Gasteiger charge is -2.66. The van der Waals surface area contributed by atoms with Crippen LogP contribution in [-0.4, -0.2) is 47.1 Å². The van der Waals surface area contributed by atoms with Crippen LogP contribution in [0.25, 0.3) is 0 Å². The molecule has 1 spiro atoms. The highest BCUT2D eigenvalue weighted by molar-refractivity contribution is 5.93. The van der Waals surface area contributed by atoms with Gasteiger partial charge in [-0.15, -0.1) is 0 Å². The van der Waals surface area contributed by atoms with Gasteiger partial charge in [0.2, 0.25) is 0 Å². The van der Waals surface area contributed by atoms with Crippen molar-refractivity contribution >= 4 is 23.7 Å². The second kappa shape index (κ2) is 7.24. The fraction of sp³-hybridized carbons (Fsp3) is 0.714. The van der Waals surface area contributed by atoms with Crippen LogP contribution in [0.3, 0.4) is 0 Å². The van der Waals surface area contributed by atoms with E-state index in [0.29, 0.717) is 12.8 Å². The van der Waals surface area contributed by atoms with Crippen LogP contribution in [0.15, 0.2) is 23.0 Å². The first-order chi connectivity index (χ1) is 17.2. The molecule has 5 fully saturated rings. The first-order valence-corrected chi connectivity index (χ1v) is 13.1. The predicted molar refractivity (Wildman–Crippen MR) is 126 cm³/mol. The van der Waals surface area contributed by atoms with E-state index in [0.717, 1.165) is 5.56 Å². The van der Waals surface area contributed by atoms with Crippen molar-refractivity contribution in [1.29, 1.82) is 0 Å². The average molecular weight is 515 g/mol. The van der Waals surface area contributed by atoms with E-state index in [1.54, 1.807) is 12.3 Å². The predicted octanol–water partition coefficient (Wildman–Crippen LogP) is 3.69. The van der Waals surface area contributed by atoms with Crippen LogP contribution in [0.5, 0.6) is 0 Å². The molecule has 6 rings (SSSR count). The number of carbonyl (C=O) groups is 4. The highest BCUT2D eigenvalue weighted by atomic mass is 16.7. The molecule has 3 aliphatic heterocycles. The zero-order chi connectivity index (χ0) is 26.8. The van der Waals surface area contributed by atoms with Crippen LogP contribution in [0.4, 0.5) is 0 Å². The molecule has 4 heterocycles. The summed E-state index contributed by atoms with van der Waals surface area (Å²) in [6.07, 6.45) is 2.06. The molecule has 0 bridgehead atoms. The van der Waals surface area contributed by atoms with Crippen molar-refractivity contribution < 1.29 is 42.5 Å². The van der Waals surface area contributed by atoms with Crippen molar-refractivity contribution in [3.63, 3.8) is 0 Å². The van der Waals surface area contributed by atoms with E-state index in [-0.39, 0.29) is 30.5 Å². The van der Waals surface area contributed by atoms with E-state index in [4.69, 9.17) is 23.4 Å². The van der Waals surface area contributed by atoms with Crippen LogP contribution in [-0.2, 0) is 38.1 Å². The monoisotopic (exact) mass is 514 g/mol. The molecule has 200 valence electrons. The summed E-state index contributed by atoms with van der Waals surface area (Å²) in [5.41, 5.74) is -3.88. The van der Waals surface area contributed by atoms with Crippen LogP contribution in [0.1, 0.15) is 78.9 Å². The number of furan rings is 1. The summed E-state index contributed by atoms with van der Waals surface area (Å²) in [4.78, 5) is 52.7. The molecule has 9 atom stereocenters. The Kier molecular flexibility index (Phi) is 4.82. The number of hydrogen-bond acceptors (Lipinski definition) is 9. The molecule has 0 unspecified atom stereocenters. The number of Topliss-reactive ketones (excluding diaryl/α,β-unsaturated/α-hetero) is 1. The third-order valence-electron chi connectivity index (χ3n) is 10.8. The van der Waals surface area contributed by atoms with Gasteiger partial charge in [0.05, 0.1) is 24.4 Å². The Balaban J connectivity index is 1.54. The second-order valence-electron chi connectivity index (χ2n) is 12.7. The standard InChI is InChI=1S/C28H34O9/c1-14(29)34-19-12-20(31)36-24(2,3)17-11-18(30)27(6)16(26(17,19)5)7-9-25(4)21(15-8-10-33-13-15)35-23(32)22-28(25,27)37-22/h8,10,13,16-17,19,21-22H,7,9,11-12H2,1-6H3/t16-,17+,19+,21-,22+,25-,26+,27-,28+/m0/s1. The van der Waals surface area contributed by atoms with Crippen molar-refractivity contribution in [3.8, 4) is 0 Å².